The lowest BCUT2D eigenvalue weighted by molar-refractivity contribution is 0.401. The van der Waals surface area contributed by atoms with Crippen LogP contribution in [0, 0.1) is 0 Å². The molecule has 1 aromatic heterocycles. The molecule has 0 spiro atoms. The summed E-state index contributed by atoms with van der Waals surface area (Å²) in [4.78, 5) is 9.16. The van der Waals surface area contributed by atoms with Gasteiger partial charge in [-0.1, -0.05) is 35.9 Å². The van der Waals surface area contributed by atoms with Crippen molar-refractivity contribution in [1.82, 2.24) is 19.7 Å². The van der Waals surface area contributed by atoms with Crippen LogP contribution in [0.1, 0.15) is 23.7 Å². The van der Waals surface area contributed by atoms with Gasteiger partial charge in [0.25, 0.3) is 0 Å². The van der Waals surface area contributed by atoms with Gasteiger partial charge in [-0.2, -0.15) is 0 Å². The second-order valence-corrected chi connectivity index (χ2v) is 7.23. The Bertz CT molecular complexity index is 736. The summed E-state index contributed by atoms with van der Waals surface area (Å²) in [6.07, 6.45) is 1.92. The maximum Gasteiger partial charge on any atom is 0.194 e. The highest BCUT2D eigenvalue weighted by Gasteiger charge is 2.10. The van der Waals surface area contributed by atoms with E-state index in [1.54, 1.807) is 0 Å². The van der Waals surface area contributed by atoms with E-state index in [2.05, 4.69) is 65.0 Å². The second-order valence-electron chi connectivity index (χ2n) is 6.79. The predicted octanol–water partition coefficient (Wildman–Crippen LogP) is 3.34. The van der Waals surface area contributed by atoms with Gasteiger partial charge in [0, 0.05) is 39.1 Å². The van der Waals surface area contributed by atoms with Crippen molar-refractivity contribution in [1.29, 1.82) is 0 Å². The fourth-order valence-electron chi connectivity index (χ4n) is 2.88. The van der Waals surface area contributed by atoms with E-state index in [0.29, 0.717) is 6.54 Å². The number of halogens is 1. The number of aliphatic imine (C=N–C) groups is 1. The third-order valence-electron chi connectivity index (χ3n) is 4.17. The van der Waals surface area contributed by atoms with E-state index in [4.69, 9.17) is 16.6 Å². The van der Waals surface area contributed by atoms with Crippen molar-refractivity contribution in [3.63, 3.8) is 0 Å². The van der Waals surface area contributed by atoms with Gasteiger partial charge in [0.15, 0.2) is 5.96 Å². The monoisotopic (exact) mass is 375 g/mol. The van der Waals surface area contributed by atoms with Gasteiger partial charge in [0.2, 0.25) is 0 Å². The molecule has 1 heterocycles. The Kier molecular flexibility index (Phi) is 7.54. The van der Waals surface area contributed by atoms with Gasteiger partial charge in [-0.25, -0.2) is 4.99 Å². The van der Waals surface area contributed by atoms with Gasteiger partial charge in [-0.15, -0.1) is 0 Å². The first-order chi connectivity index (χ1) is 12.4. The van der Waals surface area contributed by atoms with E-state index in [1.807, 2.05) is 26.4 Å². The Hall–Kier alpha value is -1.98. The Morgan fingerprint density at radius 2 is 1.85 bits per heavy atom. The van der Waals surface area contributed by atoms with E-state index < -0.39 is 0 Å². The Morgan fingerprint density at radius 3 is 2.42 bits per heavy atom. The molecule has 0 aliphatic carbocycles. The van der Waals surface area contributed by atoms with Crippen LogP contribution in [-0.4, -0.2) is 48.0 Å². The number of hydrogen-bond donors (Lipinski definition) is 1. The number of rotatable bonds is 7. The first-order valence-corrected chi connectivity index (χ1v) is 9.30. The topological polar surface area (TPSA) is 35.8 Å². The number of benzene rings is 1. The number of nitrogens with zero attached hydrogens (tertiary/aromatic N) is 4. The molecule has 0 saturated carbocycles. The number of hydrogen-bond acceptors (Lipinski definition) is 2. The third-order valence-corrected chi connectivity index (χ3v) is 4.38. The molecule has 6 heteroatoms. The van der Waals surface area contributed by atoms with E-state index in [-0.39, 0.29) is 0 Å². The zero-order chi connectivity index (χ0) is 19.1. The minimum absolute atomic E-state index is 0.657. The number of nitrogens with one attached hydrogen (secondary N) is 1. The van der Waals surface area contributed by atoms with E-state index in [1.165, 1.54) is 11.1 Å². The predicted molar refractivity (Wildman–Crippen MR) is 111 cm³/mol. The first-order valence-electron chi connectivity index (χ1n) is 8.92. The third kappa shape index (κ3) is 5.78. The Morgan fingerprint density at radius 1 is 1.15 bits per heavy atom. The van der Waals surface area contributed by atoms with Crippen LogP contribution in [0.2, 0.25) is 5.02 Å². The van der Waals surface area contributed by atoms with E-state index >= 15 is 0 Å². The van der Waals surface area contributed by atoms with Crippen molar-refractivity contribution in [2.45, 2.75) is 26.6 Å². The normalized spacial score (nSPS) is 11.9. The van der Waals surface area contributed by atoms with Crippen LogP contribution in [0.4, 0.5) is 0 Å². The molecular formula is C20H30ClN5. The van der Waals surface area contributed by atoms with Crippen LogP contribution in [0.3, 0.4) is 0 Å². The number of aryl methyl sites for hydroxylation is 1. The highest BCUT2D eigenvalue weighted by atomic mass is 35.5. The van der Waals surface area contributed by atoms with Gasteiger partial charge in [0.05, 0.1) is 18.1 Å². The fraction of sp³-hybridized carbons (Fsp3) is 0.450. The molecule has 0 atom stereocenters. The van der Waals surface area contributed by atoms with Gasteiger partial charge in [0.1, 0.15) is 0 Å². The minimum atomic E-state index is 0.657. The zero-order valence-electron chi connectivity index (χ0n) is 16.5. The molecule has 0 bridgehead atoms. The van der Waals surface area contributed by atoms with Crippen molar-refractivity contribution in [2.24, 2.45) is 12.0 Å². The highest BCUT2D eigenvalue weighted by molar-refractivity contribution is 6.30. The van der Waals surface area contributed by atoms with Crippen molar-refractivity contribution >= 4 is 17.6 Å². The molecule has 0 amide bonds. The lowest BCUT2D eigenvalue weighted by Crippen LogP contribution is -2.38. The first kappa shape index (κ1) is 20.3. The molecule has 142 valence electrons. The SMILES string of the molecule is CCNC(=NCc1ccccc1CN(C)C)N(C)Cc1cc(Cl)cn1C. The van der Waals surface area contributed by atoms with Crippen LogP contribution in [0.5, 0.6) is 0 Å². The van der Waals surface area contributed by atoms with Crippen LogP contribution < -0.4 is 5.32 Å². The van der Waals surface area contributed by atoms with E-state index in [0.717, 1.165) is 36.3 Å². The summed E-state index contributed by atoms with van der Waals surface area (Å²) < 4.78 is 2.05. The van der Waals surface area contributed by atoms with Crippen molar-refractivity contribution in [3.8, 4) is 0 Å². The molecule has 0 saturated heterocycles. The molecule has 5 nitrogen and oxygen atoms in total. The summed E-state index contributed by atoms with van der Waals surface area (Å²) >= 11 is 6.10. The van der Waals surface area contributed by atoms with Crippen LogP contribution in [0.25, 0.3) is 0 Å². The smallest absolute Gasteiger partial charge is 0.194 e. The molecule has 0 radical (unpaired) electrons. The van der Waals surface area contributed by atoms with Gasteiger partial charge in [-0.05, 0) is 38.2 Å². The molecular weight excluding hydrogens is 346 g/mol. The van der Waals surface area contributed by atoms with E-state index in [9.17, 15) is 0 Å². The summed E-state index contributed by atoms with van der Waals surface area (Å²) in [6.45, 7) is 5.23. The summed E-state index contributed by atoms with van der Waals surface area (Å²) in [5.74, 6) is 0.893. The van der Waals surface area contributed by atoms with Crippen LogP contribution in [0.15, 0.2) is 41.5 Å². The molecule has 1 aromatic carbocycles. The van der Waals surface area contributed by atoms with Crippen LogP contribution in [-0.2, 0) is 26.7 Å². The maximum absolute atomic E-state index is 6.10. The maximum atomic E-state index is 6.10. The largest absolute Gasteiger partial charge is 0.357 e. The zero-order valence-corrected chi connectivity index (χ0v) is 17.2. The van der Waals surface area contributed by atoms with Crippen molar-refractivity contribution in [2.75, 3.05) is 27.7 Å². The van der Waals surface area contributed by atoms with Crippen LogP contribution >= 0.6 is 11.6 Å². The Labute approximate surface area is 162 Å². The lowest BCUT2D eigenvalue weighted by atomic mass is 10.1. The number of aromatic nitrogens is 1. The summed E-state index contributed by atoms with van der Waals surface area (Å²) in [5.41, 5.74) is 3.72. The molecule has 2 aromatic rings. The molecule has 0 unspecified atom stereocenters. The molecule has 0 aliphatic rings. The van der Waals surface area contributed by atoms with Crippen molar-refractivity contribution < 1.29 is 0 Å². The molecule has 2 rings (SSSR count). The minimum Gasteiger partial charge on any atom is -0.357 e. The quantitative estimate of drug-likeness (QED) is 0.595. The Balaban J connectivity index is 2.14. The summed E-state index contributed by atoms with van der Waals surface area (Å²) in [7, 11) is 8.23. The average molecular weight is 376 g/mol. The fourth-order valence-corrected chi connectivity index (χ4v) is 3.15. The summed E-state index contributed by atoms with van der Waals surface area (Å²) in [6, 6.07) is 10.5. The average Bonchev–Trinajstić information content (AvgIpc) is 2.89. The molecule has 0 fully saturated rings. The van der Waals surface area contributed by atoms with Gasteiger partial charge < -0.3 is 19.7 Å². The molecule has 26 heavy (non-hydrogen) atoms. The molecule has 1 N–H and O–H groups in total. The highest BCUT2D eigenvalue weighted by Crippen LogP contribution is 2.15. The molecule has 0 aliphatic heterocycles. The van der Waals surface area contributed by atoms with Crippen molar-refractivity contribution in [3.05, 3.63) is 58.4 Å². The summed E-state index contributed by atoms with van der Waals surface area (Å²) in [5, 5.41) is 4.14. The second kappa shape index (κ2) is 9.64. The van der Waals surface area contributed by atoms with Gasteiger partial charge in [-0.3, -0.25) is 0 Å². The standard InChI is InChI=1S/C20H30ClN5/c1-6-22-20(26(5)15-19-11-18(21)14-25(19)4)23-12-16-9-7-8-10-17(16)13-24(2)3/h7-11,14H,6,12-13,15H2,1-5H3,(H,22,23). The van der Waals surface area contributed by atoms with Gasteiger partial charge >= 0.3 is 0 Å². The number of guanidine groups is 1. The lowest BCUT2D eigenvalue weighted by Gasteiger charge is -2.22.